The number of ether oxygens (including phenoxy) is 2. The highest BCUT2D eigenvalue weighted by Gasteiger charge is 2.20. The minimum atomic E-state index is -4.52. The highest BCUT2D eigenvalue weighted by molar-refractivity contribution is 7.45. The van der Waals surface area contributed by atoms with Crippen molar-refractivity contribution in [2.75, 3.05) is 54.1 Å². The molecule has 0 aromatic rings. The van der Waals surface area contributed by atoms with Crippen LogP contribution in [0, 0.1) is 0 Å². The van der Waals surface area contributed by atoms with Crippen LogP contribution in [0.15, 0.2) is 12.2 Å². The number of rotatable bonds is 44. The molecule has 0 aliphatic carbocycles. The van der Waals surface area contributed by atoms with E-state index in [4.69, 9.17) is 18.5 Å². The summed E-state index contributed by atoms with van der Waals surface area (Å²) in [6.45, 7) is 5.44. The van der Waals surface area contributed by atoms with Crippen LogP contribution >= 0.6 is 7.82 Å². The van der Waals surface area contributed by atoms with Crippen LogP contribution in [-0.4, -0.2) is 70.7 Å². The van der Waals surface area contributed by atoms with Crippen molar-refractivity contribution in [3.8, 4) is 0 Å². The number of hydrogen-bond donors (Lipinski definition) is 0. The summed E-state index contributed by atoms with van der Waals surface area (Å²) < 4.78 is 34.7. The lowest BCUT2D eigenvalue weighted by Crippen LogP contribution is -2.37. The molecule has 0 aromatic heterocycles. The van der Waals surface area contributed by atoms with Gasteiger partial charge in [0.05, 0.1) is 34.4 Å². The number of allylic oxidation sites excluding steroid dienone is 2. The molecule has 0 bridgehead atoms. The molecule has 0 saturated carbocycles. The number of unbranched alkanes of at least 4 members (excludes halogenated alkanes) is 28. The van der Waals surface area contributed by atoms with Gasteiger partial charge >= 0.3 is 5.97 Å². The second-order valence-electron chi connectivity index (χ2n) is 17.1. The number of esters is 1. The number of carbonyl (C=O) groups is 1. The standard InChI is InChI=1S/C46H92NO7P/c1-6-8-10-12-14-16-18-20-22-23-24-26-28-30-32-34-36-38-41-51-43-45(44-53-55(49,50)52-42-40-47(3,4)5)54-46(48)39-37-35-33-31-29-27-25-21-19-17-15-13-11-9-7-2/h20,22,45H,6-19,21,23-44H2,1-5H3/b22-20-. The van der Waals surface area contributed by atoms with E-state index in [9.17, 15) is 14.3 Å². The van der Waals surface area contributed by atoms with Gasteiger partial charge in [-0.3, -0.25) is 9.36 Å². The summed E-state index contributed by atoms with van der Waals surface area (Å²) in [6, 6.07) is 0. The van der Waals surface area contributed by atoms with Gasteiger partial charge in [0.15, 0.2) is 0 Å². The molecule has 2 unspecified atom stereocenters. The van der Waals surface area contributed by atoms with Gasteiger partial charge in [-0.25, -0.2) is 0 Å². The Bertz CT molecular complexity index is 894. The molecule has 0 heterocycles. The van der Waals surface area contributed by atoms with Gasteiger partial charge in [0, 0.05) is 13.0 Å². The maximum Gasteiger partial charge on any atom is 0.306 e. The molecule has 0 fully saturated rings. The maximum atomic E-state index is 12.7. The van der Waals surface area contributed by atoms with Crippen molar-refractivity contribution >= 4 is 13.8 Å². The van der Waals surface area contributed by atoms with Crippen LogP contribution in [-0.2, 0) is 27.9 Å². The van der Waals surface area contributed by atoms with E-state index in [-0.39, 0.29) is 25.8 Å². The van der Waals surface area contributed by atoms with Gasteiger partial charge in [0.1, 0.15) is 19.3 Å². The highest BCUT2D eigenvalue weighted by Crippen LogP contribution is 2.38. The summed E-state index contributed by atoms with van der Waals surface area (Å²) >= 11 is 0. The molecule has 0 N–H and O–H groups in total. The Labute approximate surface area is 341 Å². The molecular formula is C46H92NO7P. The molecule has 328 valence electrons. The number of phosphoric ester groups is 1. The van der Waals surface area contributed by atoms with Crippen LogP contribution in [0.25, 0.3) is 0 Å². The zero-order valence-electron chi connectivity index (χ0n) is 37.1. The third-order valence-electron chi connectivity index (χ3n) is 10.3. The van der Waals surface area contributed by atoms with E-state index in [2.05, 4.69) is 26.0 Å². The molecule has 0 aliphatic heterocycles. The van der Waals surface area contributed by atoms with Crippen molar-refractivity contribution in [3.05, 3.63) is 12.2 Å². The maximum absolute atomic E-state index is 12.7. The zero-order chi connectivity index (χ0) is 40.6. The second kappa shape index (κ2) is 40.0. The van der Waals surface area contributed by atoms with Crippen molar-refractivity contribution in [1.29, 1.82) is 0 Å². The van der Waals surface area contributed by atoms with Crippen LogP contribution in [0.1, 0.15) is 219 Å². The number of nitrogens with zero attached hydrogens (tertiary/aromatic N) is 1. The Morgan fingerprint density at radius 3 is 1.38 bits per heavy atom. The first-order chi connectivity index (χ1) is 26.6. The van der Waals surface area contributed by atoms with Crippen molar-refractivity contribution < 1.29 is 37.3 Å². The molecule has 0 saturated heterocycles. The van der Waals surface area contributed by atoms with E-state index in [0.717, 1.165) is 32.1 Å². The van der Waals surface area contributed by atoms with E-state index in [0.29, 0.717) is 24.1 Å². The highest BCUT2D eigenvalue weighted by atomic mass is 31.2. The zero-order valence-corrected chi connectivity index (χ0v) is 38.0. The van der Waals surface area contributed by atoms with Crippen LogP contribution in [0.3, 0.4) is 0 Å². The average molecular weight is 802 g/mol. The Morgan fingerprint density at radius 1 is 0.545 bits per heavy atom. The molecule has 55 heavy (non-hydrogen) atoms. The van der Waals surface area contributed by atoms with Crippen LogP contribution < -0.4 is 4.89 Å². The molecule has 9 heteroatoms. The van der Waals surface area contributed by atoms with Crippen molar-refractivity contribution in [1.82, 2.24) is 0 Å². The Hall–Kier alpha value is -0.760. The smallest absolute Gasteiger partial charge is 0.306 e. The molecule has 0 aromatic carbocycles. The number of phosphoric acid groups is 1. The van der Waals surface area contributed by atoms with Gasteiger partial charge < -0.3 is 27.9 Å². The van der Waals surface area contributed by atoms with E-state index >= 15 is 0 Å². The molecule has 0 rings (SSSR count). The largest absolute Gasteiger partial charge is 0.756 e. The summed E-state index contributed by atoms with van der Waals surface area (Å²) in [4.78, 5) is 25.1. The van der Waals surface area contributed by atoms with Crippen LogP contribution in [0.2, 0.25) is 0 Å². The first-order valence-electron chi connectivity index (χ1n) is 23.4. The monoisotopic (exact) mass is 802 g/mol. The lowest BCUT2D eigenvalue weighted by molar-refractivity contribution is -0.870. The fourth-order valence-electron chi connectivity index (χ4n) is 6.66. The second-order valence-corrected chi connectivity index (χ2v) is 18.5. The average Bonchev–Trinajstić information content (AvgIpc) is 3.13. The minimum absolute atomic E-state index is 0.0289. The molecular weight excluding hydrogens is 709 g/mol. The predicted octanol–water partition coefficient (Wildman–Crippen LogP) is 13.2. The summed E-state index contributed by atoms with van der Waals surface area (Å²) in [5.41, 5.74) is 0. The van der Waals surface area contributed by atoms with Gasteiger partial charge in [-0.05, 0) is 38.5 Å². The topological polar surface area (TPSA) is 94.1 Å². The third kappa shape index (κ3) is 44.2. The lowest BCUT2D eigenvalue weighted by atomic mass is 10.0. The van der Waals surface area contributed by atoms with Crippen molar-refractivity contribution in [3.63, 3.8) is 0 Å². The van der Waals surface area contributed by atoms with Gasteiger partial charge in [0.25, 0.3) is 7.82 Å². The molecule has 0 spiro atoms. The lowest BCUT2D eigenvalue weighted by Gasteiger charge is -2.28. The van der Waals surface area contributed by atoms with E-state index in [1.165, 1.54) is 167 Å². The third-order valence-corrected chi connectivity index (χ3v) is 11.3. The minimum Gasteiger partial charge on any atom is -0.756 e. The van der Waals surface area contributed by atoms with Crippen LogP contribution in [0.4, 0.5) is 0 Å². The van der Waals surface area contributed by atoms with E-state index in [1.807, 2.05) is 21.1 Å². The first kappa shape index (κ1) is 54.2. The predicted molar refractivity (Wildman–Crippen MR) is 231 cm³/mol. The normalized spacial score (nSPS) is 13.8. The van der Waals surface area contributed by atoms with Gasteiger partial charge in [-0.1, -0.05) is 187 Å². The SMILES string of the molecule is CCCCCCCC/C=C\CCCCCCCCCCOCC(COP(=O)([O-])OCC[N+](C)(C)C)OC(=O)CCCCCCCCCCCCCCCCC. The molecule has 0 amide bonds. The fraction of sp³-hybridized carbons (Fsp3) is 0.935. The van der Waals surface area contributed by atoms with E-state index in [1.54, 1.807) is 0 Å². The van der Waals surface area contributed by atoms with Crippen LogP contribution in [0.5, 0.6) is 0 Å². The number of hydrogen-bond acceptors (Lipinski definition) is 7. The number of carbonyl (C=O) groups excluding carboxylic acids is 1. The number of likely N-dealkylation sites (N-methyl/N-ethyl adjacent to an activating group) is 1. The Balaban J connectivity index is 4.17. The van der Waals surface area contributed by atoms with Gasteiger partial charge in [-0.2, -0.15) is 0 Å². The quantitative estimate of drug-likeness (QED) is 0.0199. The summed E-state index contributed by atoms with van der Waals surface area (Å²) in [6.07, 6.45) is 43.6. The molecule has 0 aliphatic rings. The molecule has 0 radical (unpaired) electrons. The molecule has 8 nitrogen and oxygen atoms in total. The molecule has 2 atom stereocenters. The van der Waals surface area contributed by atoms with Gasteiger partial charge in [0.2, 0.25) is 0 Å². The fourth-order valence-corrected chi connectivity index (χ4v) is 7.39. The van der Waals surface area contributed by atoms with Gasteiger partial charge in [-0.15, -0.1) is 0 Å². The summed E-state index contributed by atoms with van der Waals surface area (Å²) in [5.74, 6) is -0.331. The summed E-state index contributed by atoms with van der Waals surface area (Å²) in [5, 5.41) is 0. The Morgan fingerprint density at radius 2 is 0.945 bits per heavy atom. The summed E-state index contributed by atoms with van der Waals surface area (Å²) in [7, 11) is 1.37. The Kier molecular flexibility index (Phi) is 39.5. The van der Waals surface area contributed by atoms with Crippen molar-refractivity contribution in [2.45, 2.75) is 225 Å². The van der Waals surface area contributed by atoms with E-state index < -0.39 is 13.9 Å². The van der Waals surface area contributed by atoms with Crippen molar-refractivity contribution in [2.24, 2.45) is 0 Å². The number of quaternary nitrogens is 1. The first-order valence-corrected chi connectivity index (χ1v) is 24.9.